The summed E-state index contributed by atoms with van der Waals surface area (Å²) in [6.45, 7) is 0. The largest absolute Gasteiger partial charge is 1.00 e. The van der Waals surface area contributed by atoms with E-state index in [0.29, 0.717) is 5.56 Å². The molecule has 0 unspecified atom stereocenters. The number of nitrogens with zero attached hydrogens (tertiary/aromatic N) is 1. The predicted molar refractivity (Wildman–Crippen MR) is 55.4 cm³/mol. The molecule has 0 aliphatic carbocycles. The van der Waals surface area contributed by atoms with Crippen LogP contribution in [0.4, 0.5) is 0 Å². The van der Waals surface area contributed by atoms with Gasteiger partial charge >= 0.3 is 18.9 Å². The molecular weight excluding hydrogens is 177 g/mol. The van der Waals surface area contributed by atoms with Crippen LogP contribution in [0.5, 0.6) is 0 Å². The molecule has 0 saturated heterocycles. The third-order valence-corrected chi connectivity index (χ3v) is 2.07. The Balaban J connectivity index is 0.00000112. The monoisotopic (exact) mass is 185 g/mol. The molecule has 2 aromatic carbocycles. The van der Waals surface area contributed by atoms with Crippen LogP contribution in [0.25, 0.3) is 11.1 Å². The van der Waals surface area contributed by atoms with E-state index in [1.165, 1.54) is 0 Å². The van der Waals surface area contributed by atoms with E-state index in [-0.39, 0.29) is 18.9 Å². The van der Waals surface area contributed by atoms with Gasteiger partial charge in [-0.1, -0.05) is 12.1 Å². The number of nitriles is 1. The molecule has 2 aromatic rings. The van der Waals surface area contributed by atoms with Gasteiger partial charge < -0.3 is 0 Å². The summed E-state index contributed by atoms with van der Waals surface area (Å²) < 4.78 is 0. The molecule has 2 heteroatoms. The molecule has 0 bridgehead atoms. The van der Waals surface area contributed by atoms with E-state index in [1.807, 2.05) is 48.5 Å². The minimum absolute atomic E-state index is 0. The topological polar surface area (TPSA) is 23.8 Å². The molecule has 0 aliphatic heterocycles. The van der Waals surface area contributed by atoms with Crippen molar-refractivity contribution in [1.29, 1.82) is 5.26 Å². The predicted octanol–water partition coefficient (Wildman–Crippen LogP) is 0.0295. The maximum Gasteiger partial charge on any atom is 1.00 e. The summed E-state index contributed by atoms with van der Waals surface area (Å²) in [5.74, 6) is 0. The van der Waals surface area contributed by atoms with Crippen LogP contribution in [0.15, 0.2) is 48.5 Å². The first-order valence-electron chi connectivity index (χ1n) is 4.37. The molecule has 0 fully saturated rings. The average Bonchev–Trinajstić information content (AvgIpc) is 2.30. The SMILES string of the molecule is N#Cc1ccc(-c2cc[c-]cc2)cc1.[Li+]. The third kappa shape index (κ3) is 2.74. The number of hydrogen-bond donors (Lipinski definition) is 0. The summed E-state index contributed by atoms with van der Waals surface area (Å²) in [5.41, 5.74) is 2.96. The maximum absolute atomic E-state index is 8.64. The van der Waals surface area contributed by atoms with E-state index in [9.17, 15) is 0 Å². The van der Waals surface area contributed by atoms with E-state index >= 15 is 0 Å². The van der Waals surface area contributed by atoms with E-state index in [1.54, 1.807) is 0 Å². The van der Waals surface area contributed by atoms with E-state index < -0.39 is 0 Å². The molecule has 0 saturated carbocycles. The summed E-state index contributed by atoms with van der Waals surface area (Å²) in [6, 6.07) is 20.4. The van der Waals surface area contributed by atoms with Crippen molar-refractivity contribution in [3.8, 4) is 17.2 Å². The Hall–Kier alpha value is -1.47. The molecule has 1 nitrogen and oxygen atoms in total. The van der Waals surface area contributed by atoms with Gasteiger partial charge in [-0.05, 0) is 17.7 Å². The second-order valence-electron chi connectivity index (χ2n) is 2.98. The molecule has 15 heavy (non-hydrogen) atoms. The summed E-state index contributed by atoms with van der Waals surface area (Å²) >= 11 is 0. The molecule has 0 N–H and O–H groups in total. The number of rotatable bonds is 1. The van der Waals surface area contributed by atoms with Gasteiger partial charge in [0.2, 0.25) is 0 Å². The van der Waals surface area contributed by atoms with Crippen molar-refractivity contribution in [2.24, 2.45) is 0 Å². The fourth-order valence-electron chi connectivity index (χ4n) is 1.32. The van der Waals surface area contributed by atoms with E-state index in [4.69, 9.17) is 5.26 Å². The zero-order valence-electron chi connectivity index (χ0n) is 8.57. The van der Waals surface area contributed by atoms with Crippen LogP contribution in [0.2, 0.25) is 0 Å². The van der Waals surface area contributed by atoms with Crippen molar-refractivity contribution in [2.45, 2.75) is 0 Å². The van der Waals surface area contributed by atoms with Crippen molar-refractivity contribution < 1.29 is 18.9 Å². The first-order valence-corrected chi connectivity index (χ1v) is 4.37. The Kier molecular flexibility index (Phi) is 4.19. The molecular formula is C13H8LiN. The van der Waals surface area contributed by atoms with Crippen LogP contribution in [0.1, 0.15) is 5.56 Å². The summed E-state index contributed by atoms with van der Waals surface area (Å²) in [5, 5.41) is 8.64. The molecule has 0 atom stereocenters. The van der Waals surface area contributed by atoms with Gasteiger partial charge in [0, 0.05) is 0 Å². The molecule has 0 aliphatic rings. The standard InChI is InChI=1S/C13H8N.Li/c14-10-11-6-8-13(9-7-11)12-4-2-1-3-5-12;/h2-9H;/q-1;+1. The summed E-state index contributed by atoms with van der Waals surface area (Å²) in [7, 11) is 0. The zero-order valence-corrected chi connectivity index (χ0v) is 8.57. The van der Waals surface area contributed by atoms with Gasteiger partial charge in [-0.15, -0.1) is 5.56 Å². The van der Waals surface area contributed by atoms with Gasteiger partial charge in [-0.3, -0.25) is 0 Å². The Morgan fingerprint density at radius 1 is 0.867 bits per heavy atom. The van der Waals surface area contributed by atoms with Gasteiger partial charge in [0.25, 0.3) is 0 Å². The van der Waals surface area contributed by atoms with E-state index in [2.05, 4.69) is 12.1 Å². The van der Waals surface area contributed by atoms with Gasteiger partial charge in [0.1, 0.15) is 0 Å². The normalized spacial score (nSPS) is 8.73. The zero-order chi connectivity index (χ0) is 9.80. The molecule has 0 heterocycles. The quantitative estimate of drug-likeness (QED) is 0.454. The van der Waals surface area contributed by atoms with Crippen LogP contribution in [-0.2, 0) is 0 Å². The Morgan fingerprint density at radius 2 is 1.40 bits per heavy atom. The average molecular weight is 185 g/mol. The van der Waals surface area contributed by atoms with Crippen LogP contribution < -0.4 is 18.9 Å². The maximum atomic E-state index is 8.64. The van der Waals surface area contributed by atoms with Crippen molar-refractivity contribution >= 4 is 0 Å². The molecule has 0 radical (unpaired) electrons. The number of hydrogen-bond acceptors (Lipinski definition) is 1. The van der Waals surface area contributed by atoms with Crippen molar-refractivity contribution in [3.63, 3.8) is 0 Å². The van der Waals surface area contributed by atoms with Crippen molar-refractivity contribution in [1.82, 2.24) is 0 Å². The minimum Gasteiger partial charge on any atom is -0.192 e. The summed E-state index contributed by atoms with van der Waals surface area (Å²) in [6.07, 6.45) is 0. The third-order valence-electron chi connectivity index (χ3n) is 2.07. The van der Waals surface area contributed by atoms with Crippen molar-refractivity contribution in [2.75, 3.05) is 0 Å². The fourth-order valence-corrected chi connectivity index (χ4v) is 1.32. The van der Waals surface area contributed by atoms with Crippen LogP contribution in [0.3, 0.4) is 0 Å². The van der Waals surface area contributed by atoms with Crippen LogP contribution >= 0.6 is 0 Å². The second-order valence-corrected chi connectivity index (χ2v) is 2.98. The first kappa shape index (κ1) is 11.6. The van der Waals surface area contributed by atoms with Crippen LogP contribution in [-0.4, -0.2) is 0 Å². The number of benzene rings is 2. The molecule has 66 valence electrons. The van der Waals surface area contributed by atoms with Gasteiger partial charge in [-0.2, -0.15) is 35.6 Å². The van der Waals surface area contributed by atoms with Crippen LogP contribution in [0, 0.1) is 17.4 Å². The summed E-state index contributed by atoms with van der Waals surface area (Å²) in [4.78, 5) is 0. The Labute approximate surface area is 102 Å². The molecule has 2 rings (SSSR count). The van der Waals surface area contributed by atoms with Crippen molar-refractivity contribution in [3.05, 3.63) is 60.2 Å². The molecule has 0 amide bonds. The second kappa shape index (κ2) is 5.42. The van der Waals surface area contributed by atoms with Gasteiger partial charge in [0.15, 0.2) is 0 Å². The smallest absolute Gasteiger partial charge is 0.192 e. The van der Waals surface area contributed by atoms with Gasteiger partial charge in [0.05, 0.1) is 11.6 Å². The Morgan fingerprint density at radius 3 is 1.93 bits per heavy atom. The Bertz CT molecular complexity index is 454. The van der Waals surface area contributed by atoms with E-state index in [0.717, 1.165) is 11.1 Å². The first-order chi connectivity index (χ1) is 6.90. The fraction of sp³-hybridized carbons (Fsp3) is 0. The molecule has 0 spiro atoms. The minimum atomic E-state index is 0. The molecule has 0 aromatic heterocycles. The van der Waals surface area contributed by atoms with Gasteiger partial charge in [-0.25, -0.2) is 0 Å².